The third kappa shape index (κ3) is 1.99. The number of nitrogens with zero attached hydrogens (tertiary/aromatic N) is 1. The van der Waals surface area contributed by atoms with Crippen LogP contribution in [0.2, 0.25) is 10.0 Å². The van der Waals surface area contributed by atoms with Gasteiger partial charge in [0.1, 0.15) is 0 Å². The summed E-state index contributed by atoms with van der Waals surface area (Å²) < 4.78 is 0. The Bertz CT molecular complexity index is 539. The van der Waals surface area contributed by atoms with E-state index in [1.54, 1.807) is 24.5 Å². The highest BCUT2D eigenvalue weighted by molar-refractivity contribution is 6.35. The van der Waals surface area contributed by atoms with Gasteiger partial charge in [0.15, 0.2) is 0 Å². The Balaban J connectivity index is 2.67. The first-order valence-electron chi connectivity index (χ1n) is 4.75. The molecule has 0 spiro atoms. The van der Waals surface area contributed by atoms with Gasteiger partial charge in [-0.05, 0) is 30.7 Å². The molecule has 0 saturated heterocycles. The molecule has 0 unspecified atom stereocenters. The molecule has 16 heavy (non-hydrogen) atoms. The SMILES string of the molecule is Cc1c(N)cncc1-c1cc(Cl)ccc1Cl. The van der Waals surface area contributed by atoms with Crippen LogP contribution in [0, 0.1) is 6.92 Å². The number of nitrogens with two attached hydrogens (primary N) is 1. The Hall–Kier alpha value is -1.25. The third-order valence-corrected chi connectivity index (χ3v) is 3.04. The molecule has 2 nitrogen and oxygen atoms in total. The summed E-state index contributed by atoms with van der Waals surface area (Å²) in [4.78, 5) is 4.07. The molecule has 0 fully saturated rings. The molecule has 0 amide bonds. The molecule has 0 atom stereocenters. The van der Waals surface area contributed by atoms with Crippen LogP contribution in [0.5, 0.6) is 0 Å². The minimum atomic E-state index is 0.639. The molecule has 0 bridgehead atoms. The summed E-state index contributed by atoms with van der Waals surface area (Å²) in [7, 11) is 0. The van der Waals surface area contributed by atoms with Crippen molar-refractivity contribution in [3.8, 4) is 11.1 Å². The number of halogens is 2. The standard InChI is InChI=1S/C12H10Cl2N2/c1-7-10(5-16-6-12(7)15)9-4-8(13)2-3-11(9)14/h2-6H,15H2,1H3. The maximum Gasteiger partial charge on any atom is 0.0536 e. The Morgan fingerprint density at radius 1 is 1.12 bits per heavy atom. The summed E-state index contributed by atoms with van der Waals surface area (Å²) in [5.74, 6) is 0. The highest BCUT2D eigenvalue weighted by Gasteiger charge is 2.09. The van der Waals surface area contributed by atoms with Gasteiger partial charge in [0.2, 0.25) is 0 Å². The molecule has 82 valence electrons. The summed E-state index contributed by atoms with van der Waals surface area (Å²) in [6.45, 7) is 1.93. The number of benzene rings is 1. The van der Waals surface area contributed by atoms with Crippen molar-refractivity contribution < 1.29 is 0 Å². The molecule has 1 heterocycles. The van der Waals surface area contributed by atoms with Crippen molar-refractivity contribution in [1.82, 2.24) is 4.98 Å². The van der Waals surface area contributed by atoms with Crippen molar-refractivity contribution in [1.29, 1.82) is 0 Å². The van der Waals surface area contributed by atoms with Gasteiger partial charge in [-0.15, -0.1) is 0 Å². The lowest BCUT2D eigenvalue weighted by Crippen LogP contribution is -1.94. The van der Waals surface area contributed by atoms with E-state index >= 15 is 0 Å². The Morgan fingerprint density at radius 3 is 2.62 bits per heavy atom. The van der Waals surface area contributed by atoms with Crippen LogP contribution in [-0.4, -0.2) is 4.98 Å². The van der Waals surface area contributed by atoms with E-state index in [2.05, 4.69) is 4.98 Å². The van der Waals surface area contributed by atoms with Crippen molar-refractivity contribution in [3.63, 3.8) is 0 Å². The molecule has 2 N–H and O–H groups in total. The van der Waals surface area contributed by atoms with Crippen molar-refractivity contribution in [3.05, 3.63) is 46.2 Å². The van der Waals surface area contributed by atoms with E-state index in [9.17, 15) is 0 Å². The number of hydrogen-bond donors (Lipinski definition) is 1. The molecule has 0 aliphatic carbocycles. The number of rotatable bonds is 1. The Morgan fingerprint density at radius 2 is 1.88 bits per heavy atom. The van der Waals surface area contributed by atoms with Gasteiger partial charge in [-0.25, -0.2) is 0 Å². The number of pyridine rings is 1. The van der Waals surface area contributed by atoms with Crippen molar-refractivity contribution >= 4 is 28.9 Å². The van der Waals surface area contributed by atoms with Crippen LogP contribution in [0.3, 0.4) is 0 Å². The van der Waals surface area contributed by atoms with Gasteiger partial charge in [0.25, 0.3) is 0 Å². The fourth-order valence-corrected chi connectivity index (χ4v) is 1.91. The Labute approximate surface area is 104 Å². The van der Waals surface area contributed by atoms with Crippen LogP contribution < -0.4 is 5.73 Å². The van der Waals surface area contributed by atoms with Gasteiger partial charge in [0, 0.05) is 27.4 Å². The zero-order valence-electron chi connectivity index (χ0n) is 8.67. The summed E-state index contributed by atoms with van der Waals surface area (Å²) in [5, 5.41) is 1.28. The van der Waals surface area contributed by atoms with Gasteiger partial charge in [-0.3, -0.25) is 4.98 Å². The van der Waals surface area contributed by atoms with Crippen molar-refractivity contribution in [2.24, 2.45) is 0 Å². The normalized spacial score (nSPS) is 10.4. The van der Waals surface area contributed by atoms with E-state index in [0.29, 0.717) is 15.7 Å². The lowest BCUT2D eigenvalue weighted by molar-refractivity contribution is 1.29. The minimum Gasteiger partial charge on any atom is -0.397 e. The summed E-state index contributed by atoms with van der Waals surface area (Å²) in [5.41, 5.74) is 9.17. The number of aromatic nitrogens is 1. The molecular weight excluding hydrogens is 243 g/mol. The molecule has 1 aromatic heterocycles. The van der Waals surface area contributed by atoms with Crippen molar-refractivity contribution in [2.75, 3.05) is 5.73 Å². The molecule has 4 heteroatoms. The highest BCUT2D eigenvalue weighted by atomic mass is 35.5. The maximum absolute atomic E-state index is 6.13. The van der Waals surface area contributed by atoms with Crippen LogP contribution in [0.1, 0.15) is 5.56 Å². The molecule has 0 radical (unpaired) electrons. The molecule has 0 aliphatic rings. The summed E-state index contributed by atoms with van der Waals surface area (Å²) in [6.07, 6.45) is 3.36. The topological polar surface area (TPSA) is 38.9 Å². The van der Waals surface area contributed by atoms with Crippen molar-refractivity contribution in [2.45, 2.75) is 6.92 Å². The fraction of sp³-hybridized carbons (Fsp3) is 0.0833. The quantitative estimate of drug-likeness (QED) is 0.835. The molecule has 1 aromatic carbocycles. The fourth-order valence-electron chi connectivity index (χ4n) is 1.52. The van der Waals surface area contributed by atoms with Gasteiger partial charge in [0.05, 0.1) is 11.9 Å². The first-order chi connectivity index (χ1) is 7.59. The largest absolute Gasteiger partial charge is 0.397 e. The number of anilines is 1. The van der Waals surface area contributed by atoms with E-state index in [1.807, 2.05) is 13.0 Å². The smallest absolute Gasteiger partial charge is 0.0536 e. The number of hydrogen-bond acceptors (Lipinski definition) is 2. The maximum atomic E-state index is 6.13. The average molecular weight is 253 g/mol. The summed E-state index contributed by atoms with van der Waals surface area (Å²) in [6, 6.07) is 5.33. The average Bonchev–Trinajstić information content (AvgIpc) is 2.26. The van der Waals surface area contributed by atoms with Crippen LogP contribution in [0.4, 0.5) is 5.69 Å². The summed E-state index contributed by atoms with van der Waals surface area (Å²) >= 11 is 12.1. The van der Waals surface area contributed by atoms with E-state index in [4.69, 9.17) is 28.9 Å². The molecule has 0 aliphatic heterocycles. The second kappa shape index (κ2) is 4.32. The van der Waals surface area contributed by atoms with Crippen LogP contribution in [0.15, 0.2) is 30.6 Å². The molecule has 2 rings (SSSR count). The molecule has 2 aromatic rings. The second-order valence-corrected chi connectivity index (χ2v) is 4.37. The van der Waals surface area contributed by atoms with E-state index in [0.717, 1.165) is 16.7 Å². The monoisotopic (exact) mass is 252 g/mol. The van der Waals surface area contributed by atoms with Gasteiger partial charge in [-0.1, -0.05) is 23.2 Å². The lowest BCUT2D eigenvalue weighted by Gasteiger charge is -2.09. The van der Waals surface area contributed by atoms with Gasteiger partial charge in [-0.2, -0.15) is 0 Å². The molecule has 0 saturated carbocycles. The third-order valence-electron chi connectivity index (χ3n) is 2.47. The zero-order chi connectivity index (χ0) is 11.7. The highest BCUT2D eigenvalue weighted by Crippen LogP contribution is 2.33. The Kier molecular flexibility index (Phi) is 3.03. The second-order valence-electron chi connectivity index (χ2n) is 3.53. The lowest BCUT2D eigenvalue weighted by atomic mass is 10.0. The first-order valence-corrected chi connectivity index (χ1v) is 5.50. The van der Waals surface area contributed by atoms with Crippen LogP contribution in [-0.2, 0) is 0 Å². The minimum absolute atomic E-state index is 0.639. The predicted octanol–water partition coefficient (Wildman–Crippen LogP) is 3.95. The number of nitrogen functional groups attached to an aromatic ring is 1. The van der Waals surface area contributed by atoms with Crippen LogP contribution in [0.25, 0.3) is 11.1 Å². The van der Waals surface area contributed by atoms with Gasteiger partial charge >= 0.3 is 0 Å². The van der Waals surface area contributed by atoms with E-state index < -0.39 is 0 Å². The molecular formula is C12H10Cl2N2. The predicted molar refractivity (Wildman–Crippen MR) is 68.8 cm³/mol. The van der Waals surface area contributed by atoms with Crippen LogP contribution >= 0.6 is 23.2 Å². The first kappa shape index (κ1) is 11.2. The van der Waals surface area contributed by atoms with E-state index in [-0.39, 0.29) is 0 Å². The van der Waals surface area contributed by atoms with E-state index in [1.165, 1.54) is 0 Å². The zero-order valence-corrected chi connectivity index (χ0v) is 10.2. The van der Waals surface area contributed by atoms with Gasteiger partial charge < -0.3 is 5.73 Å².